The first-order chi connectivity index (χ1) is 12.0. The molecule has 1 heterocycles. The molecule has 130 valence electrons. The van der Waals surface area contributed by atoms with Gasteiger partial charge in [-0.05, 0) is 31.2 Å². The predicted molar refractivity (Wildman–Crippen MR) is 92.5 cm³/mol. The first kappa shape index (κ1) is 17.4. The van der Waals surface area contributed by atoms with Crippen molar-refractivity contribution in [2.24, 2.45) is 0 Å². The summed E-state index contributed by atoms with van der Waals surface area (Å²) in [6.45, 7) is 1.59. The highest BCUT2D eigenvalue weighted by Crippen LogP contribution is 2.34. The van der Waals surface area contributed by atoms with Gasteiger partial charge >= 0.3 is 5.97 Å². The monoisotopic (exact) mass is 381 g/mol. The highest BCUT2D eigenvalue weighted by molar-refractivity contribution is 6.39. The molecule has 0 bridgehead atoms. The van der Waals surface area contributed by atoms with E-state index < -0.39 is 18.0 Å². The van der Waals surface area contributed by atoms with Gasteiger partial charge in [-0.15, -0.1) is 0 Å². The van der Waals surface area contributed by atoms with Gasteiger partial charge in [0, 0.05) is 11.8 Å². The summed E-state index contributed by atoms with van der Waals surface area (Å²) in [6, 6.07) is 9.60. The molecule has 8 heteroatoms. The summed E-state index contributed by atoms with van der Waals surface area (Å²) in [7, 11) is 0. The zero-order valence-electron chi connectivity index (χ0n) is 13.0. The van der Waals surface area contributed by atoms with Gasteiger partial charge in [0.15, 0.2) is 17.6 Å². The van der Waals surface area contributed by atoms with Gasteiger partial charge in [-0.3, -0.25) is 4.79 Å². The smallest absolute Gasteiger partial charge is 0.341 e. The number of hydrogen-bond acceptors (Lipinski definition) is 5. The third-order valence-electron chi connectivity index (χ3n) is 3.46. The normalized spacial score (nSPS) is 13.2. The van der Waals surface area contributed by atoms with Crippen LogP contribution in [0.4, 0.5) is 5.69 Å². The van der Waals surface area contributed by atoms with E-state index in [0.29, 0.717) is 17.2 Å². The van der Waals surface area contributed by atoms with Gasteiger partial charge in [-0.2, -0.15) is 0 Å². The molecule has 1 amide bonds. The number of esters is 1. The summed E-state index contributed by atoms with van der Waals surface area (Å²) >= 11 is 11.9. The third kappa shape index (κ3) is 3.81. The molecule has 0 saturated carbocycles. The molecule has 1 atom stereocenters. The highest BCUT2D eigenvalue weighted by atomic mass is 35.5. The number of anilines is 1. The molecule has 0 radical (unpaired) electrons. The fourth-order valence-electron chi connectivity index (χ4n) is 2.18. The molecule has 25 heavy (non-hydrogen) atoms. The van der Waals surface area contributed by atoms with Crippen molar-refractivity contribution in [2.75, 3.05) is 12.1 Å². The number of halogens is 2. The van der Waals surface area contributed by atoms with Crippen LogP contribution in [0.3, 0.4) is 0 Å². The first-order valence-electron chi connectivity index (χ1n) is 7.31. The van der Waals surface area contributed by atoms with E-state index in [2.05, 4.69) is 5.32 Å². The van der Waals surface area contributed by atoms with Crippen molar-refractivity contribution in [2.45, 2.75) is 13.0 Å². The highest BCUT2D eigenvalue weighted by Gasteiger charge is 2.23. The van der Waals surface area contributed by atoms with E-state index in [1.165, 1.54) is 19.1 Å². The second kappa shape index (κ2) is 7.21. The van der Waals surface area contributed by atoms with Crippen molar-refractivity contribution in [1.82, 2.24) is 0 Å². The van der Waals surface area contributed by atoms with Crippen LogP contribution in [0.2, 0.25) is 10.0 Å². The number of hydrogen-bond donors (Lipinski definition) is 1. The van der Waals surface area contributed by atoms with Crippen LogP contribution in [-0.4, -0.2) is 24.8 Å². The van der Waals surface area contributed by atoms with Crippen molar-refractivity contribution in [1.29, 1.82) is 0 Å². The summed E-state index contributed by atoms with van der Waals surface area (Å²) in [5.74, 6) is -0.143. The maximum atomic E-state index is 12.2. The van der Waals surface area contributed by atoms with Crippen molar-refractivity contribution in [3.8, 4) is 11.5 Å². The summed E-state index contributed by atoms with van der Waals surface area (Å²) in [4.78, 5) is 24.4. The summed E-state index contributed by atoms with van der Waals surface area (Å²) in [6.07, 6.45) is -1.05. The topological polar surface area (TPSA) is 73.9 Å². The third-order valence-corrected chi connectivity index (χ3v) is 4.09. The number of carbonyl (C=O) groups is 2. The predicted octanol–water partition coefficient (Wildman–Crippen LogP) is 3.91. The quantitative estimate of drug-likeness (QED) is 0.812. The molecule has 2 aromatic carbocycles. The van der Waals surface area contributed by atoms with Crippen molar-refractivity contribution >= 4 is 40.8 Å². The van der Waals surface area contributed by atoms with Crippen LogP contribution in [0.5, 0.6) is 11.5 Å². The molecule has 0 aliphatic carbocycles. The summed E-state index contributed by atoms with van der Waals surface area (Å²) < 4.78 is 15.6. The lowest BCUT2D eigenvalue weighted by atomic mass is 10.2. The molecule has 1 unspecified atom stereocenters. The number of ether oxygens (including phenoxy) is 3. The minimum atomic E-state index is -1.05. The Hall–Kier alpha value is -2.44. The van der Waals surface area contributed by atoms with Crippen LogP contribution in [0.25, 0.3) is 0 Å². The number of rotatable bonds is 4. The van der Waals surface area contributed by atoms with Crippen molar-refractivity contribution < 1.29 is 23.8 Å². The molecule has 6 nitrogen and oxygen atoms in total. The molecule has 1 N–H and O–H groups in total. The van der Waals surface area contributed by atoms with Gasteiger partial charge in [-0.25, -0.2) is 4.79 Å². The number of amides is 1. The van der Waals surface area contributed by atoms with E-state index in [1.54, 1.807) is 24.3 Å². The zero-order valence-corrected chi connectivity index (χ0v) is 14.6. The van der Waals surface area contributed by atoms with E-state index in [4.69, 9.17) is 37.4 Å². The van der Waals surface area contributed by atoms with Crippen LogP contribution < -0.4 is 14.8 Å². The molecule has 0 fully saturated rings. The van der Waals surface area contributed by atoms with E-state index >= 15 is 0 Å². The van der Waals surface area contributed by atoms with Crippen LogP contribution in [0.1, 0.15) is 17.3 Å². The van der Waals surface area contributed by atoms with E-state index in [0.717, 1.165) is 0 Å². The van der Waals surface area contributed by atoms with Gasteiger partial charge in [0.25, 0.3) is 5.91 Å². The Balaban J connectivity index is 1.65. The number of benzene rings is 2. The lowest BCUT2D eigenvalue weighted by Crippen LogP contribution is -2.30. The largest absolute Gasteiger partial charge is 0.454 e. The lowest BCUT2D eigenvalue weighted by molar-refractivity contribution is -0.123. The van der Waals surface area contributed by atoms with Gasteiger partial charge in [0.1, 0.15) is 0 Å². The van der Waals surface area contributed by atoms with Gasteiger partial charge < -0.3 is 19.5 Å². The van der Waals surface area contributed by atoms with E-state index in [-0.39, 0.29) is 22.4 Å². The fraction of sp³-hybridized carbons (Fsp3) is 0.176. The van der Waals surface area contributed by atoms with Gasteiger partial charge in [-0.1, -0.05) is 29.3 Å². The molecule has 2 aromatic rings. The molecule has 1 aliphatic heterocycles. The Morgan fingerprint density at radius 1 is 1.12 bits per heavy atom. The fourth-order valence-corrected chi connectivity index (χ4v) is 2.74. The minimum Gasteiger partial charge on any atom is -0.454 e. The average molecular weight is 382 g/mol. The van der Waals surface area contributed by atoms with Crippen molar-refractivity contribution in [3.05, 3.63) is 52.0 Å². The van der Waals surface area contributed by atoms with E-state index in [9.17, 15) is 9.59 Å². The molecule has 0 spiro atoms. The molecule has 1 aliphatic rings. The van der Waals surface area contributed by atoms with Crippen LogP contribution in [0.15, 0.2) is 36.4 Å². The number of carbonyl (C=O) groups excluding carboxylic acids is 2. The molecule has 3 rings (SSSR count). The maximum Gasteiger partial charge on any atom is 0.341 e. The Labute approximate surface area is 153 Å². The first-order valence-corrected chi connectivity index (χ1v) is 8.07. The average Bonchev–Trinajstić information content (AvgIpc) is 3.02. The Kier molecular flexibility index (Phi) is 5.01. The minimum absolute atomic E-state index is 0.0218. The SMILES string of the molecule is CC(OC(=O)c1c(Cl)cccc1Cl)C(=O)Nc1ccc2c(c1)OCO2. The Morgan fingerprint density at radius 2 is 1.80 bits per heavy atom. The van der Waals surface area contributed by atoms with Crippen molar-refractivity contribution in [3.63, 3.8) is 0 Å². The van der Waals surface area contributed by atoms with Crippen LogP contribution >= 0.6 is 23.2 Å². The van der Waals surface area contributed by atoms with Crippen LogP contribution in [0, 0.1) is 0 Å². The van der Waals surface area contributed by atoms with E-state index in [1.807, 2.05) is 0 Å². The number of nitrogens with one attached hydrogen (secondary N) is 1. The second-order valence-electron chi connectivity index (χ2n) is 5.20. The Bertz CT molecular complexity index is 820. The summed E-state index contributed by atoms with van der Waals surface area (Å²) in [5.41, 5.74) is 0.515. The number of fused-ring (bicyclic) bond motifs is 1. The zero-order chi connectivity index (χ0) is 18.0. The molecular weight excluding hydrogens is 369 g/mol. The molecule has 0 aromatic heterocycles. The van der Waals surface area contributed by atoms with Gasteiger partial charge in [0.2, 0.25) is 6.79 Å². The van der Waals surface area contributed by atoms with Gasteiger partial charge in [0.05, 0.1) is 15.6 Å². The second-order valence-corrected chi connectivity index (χ2v) is 6.02. The Morgan fingerprint density at radius 3 is 2.52 bits per heavy atom. The summed E-state index contributed by atoms with van der Waals surface area (Å²) in [5, 5.41) is 2.95. The standard InChI is InChI=1S/C17H13Cl2NO5/c1-9(25-17(22)15-11(18)3-2-4-12(15)19)16(21)20-10-5-6-13-14(7-10)24-8-23-13/h2-7,9H,8H2,1H3,(H,20,21). The van der Waals surface area contributed by atoms with Crippen LogP contribution in [-0.2, 0) is 9.53 Å². The lowest BCUT2D eigenvalue weighted by Gasteiger charge is -2.14. The molecular formula is C17H13Cl2NO5. The maximum absolute atomic E-state index is 12.2. The molecule has 0 saturated heterocycles.